The highest BCUT2D eigenvalue weighted by molar-refractivity contribution is 5.92. The predicted octanol–water partition coefficient (Wildman–Crippen LogP) is 1.93. The van der Waals surface area contributed by atoms with E-state index in [0.717, 1.165) is 11.8 Å². The van der Waals surface area contributed by atoms with Crippen LogP contribution in [0.15, 0.2) is 42.7 Å². The molecule has 2 aromatic rings. The van der Waals surface area contributed by atoms with E-state index in [-0.39, 0.29) is 5.82 Å². The third-order valence-corrected chi connectivity index (χ3v) is 2.44. The fraction of sp³-hybridized carbons (Fsp3) is 0.0769. The first kappa shape index (κ1) is 12.0. The van der Waals surface area contributed by atoms with Crippen LogP contribution in [0.2, 0.25) is 0 Å². The highest BCUT2D eigenvalue weighted by Gasteiger charge is 2.00. The van der Waals surface area contributed by atoms with E-state index in [1.165, 1.54) is 6.07 Å². The number of halogens is 1. The van der Waals surface area contributed by atoms with Gasteiger partial charge in [-0.3, -0.25) is 9.78 Å². The van der Waals surface area contributed by atoms with E-state index in [1.54, 1.807) is 30.5 Å². The van der Waals surface area contributed by atoms with Crippen molar-refractivity contribution in [2.45, 2.75) is 6.54 Å². The molecule has 0 fully saturated rings. The van der Waals surface area contributed by atoms with Crippen molar-refractivity contribution in [1.82, 2.24) is 4.98 Å². The number of hydrogen-bond acceptors (Lipinski definition) is 3. The molecule has 92 valence electrons. The molecule has 0 atom stereocenters. The fourth-order valence-electron chi connectivity index (χ4n) is 1.50. The van der Waals surface area contributed by atoms with Gasteiger partial charge in [0, 0.05) is 18.2 Å². The van der Waals surface area contributed by atoms with Crippen LogP contribution in [-0.4, -0.2) is 10.9 Å². The van der Waals surface area contributed by atoms with Crippen LogP contribution >= 0.6 is 0 Å². The normalized spacial score (nSPS) is 10.1. The van der Waals surface area contributed by atoms with E-state index in [4.69, 9.17) is 5.73 Å². The summed E-state index contributed by atoms with van der Waals surface area (Å²) in [7, 11) is 0. The lowest BCUT2D eigenvalue weighted by atomic mass is 10.1. The molecule has 18 heavy (non-hydrogen) atoms. The maximum atomic E-state index is 12.9. The third-order valence-electron chi connectivity index (χ3n) is 2.44. The zero-order valence-electron chi connectivity index (χ0n) is 9.56. The molecule has 1 heterocycles. The standard InChI is InChI=1S/C13H12FN3O/c14-11-5-12(8-16-7-11)17-6-9-1-3-10(4-2-9)13(15)18/h1-5,7-8,17H,6H2,(H2,15,18). The van der Waals surface area contributed by atoms with Gasteiger partial charge in [-0.2, -0.15) is 0 Å². The van der Waals surface area contributed by atoms with Gasteiger partial charge in [-0.15, -0.1) is 0 Å². The number of nitrogens with two attached hydrogens (primary N) is 1. The second-order valence-corrected chi connectivity index (χ2v) is 3.81. The van der Waals surface area contributed by atoms with E-state index in [2.05, 4.69) is 10.3 Å². The number of amides is 1. The molecule has 1 aromatic heterocycles. The zero-order chi connectivity index (χ0) is 13.0. The van der Waals surface area contributed by atoms with Crippen molar-refractivity contribution in [3.8, 4) is 0 Å². The highest BCUT2D eigenvalue weighted by Crippen LogP contribution is 2.10. The maximum Gasteiger partial charge on any atom is 0.248 e. The largest absolute Gasteiger partial charge is 0.380 e. The molecule has 0 unspecified atom stereocenters. The lowest BCUT2D eigenvalue weighted by Crippen LogP contribution is -2.10. The van der Waals surface area contributed by atoms with Crippen molar-refractivity contribution in [2.75, 3.05) is 5.32 Å². The molecule has 0 aliphatic carbocycles. The molecule has 0 saturated heterocycles. The van der Waals surface area contributed by atoms with Gasteiger partial charge in [0.1, 0.15) is 5.82 Å². The third kappa shape index (κ3) is 3.04. The Hall–Kier alpha value is -2.43. The minimum atomic E-state index is -0.455. The van der Waals surface area contributed by atoms with Gasteiger partial charge in [0.2, 0.25) is 5.91 Å². The molecular weight excluding hydrogens is 233 g/mol. The van der Waals surface area contributed by atoms with Crippen molar-refractivity contribution < 1.29 is 9.18 Å². The van der Waals surface area contributed by atoms with Crippen LogP contribution in [0.3, 0.4) is 0 Å². The number of rotatable bonds is 4. The number of carbonyl (C=O) groups excluding carboxylic acids is 1. The Morgan fingerprint density at radius 2 is 2.00 bits per heavy atom. The quantitative estimate of drug-likeness (QED) is 0.864. The molecule has 0 radical (unpaired) electrons. The summed E-state index contributed by atoms with van der Waals surface area (Å²) >= 11 is 0. The van der Waals surface area contributed by atoms with Crippen LogP contribution in [0, 0.1) is 5.82 Å². The van der Waals surface area contributed by atoms with Crippen LogP contribution in [0.25, 0.3) is 0 Å². The molecule has 0 aliphatic rings. The summed E-state index contributed by atoms with van der Waals surface area (Å²) in [5, 5.41) is 3.03. The second kappa shape index (κ2) is 5.27. The second-order valence-electron chi connectivity index (χ2n) is 3.81. The van der Waals surface area contributed by atoms with Crippen molar-refractivity contribution in [3.05, 3.63) is 59.7 Å². The maximum absolute atomic E-state index is 12.9. The summed E-state index contributed by atoms with van der Waals surface area (Å²) in [6, 6.07) is 8.26. The van der Waals surface area contributed by atoms with E-state index in [9.17, 15) is 9.18 Å². The first-order valence-electron chi connectivity index (χ1n) is 5.38. The van der Waals surface area contributed by atoms with Gasteiger partial charge < -0.3 is 11.1 Å². The summed E-state index contributed by atoms with van der Waals surface area (Å²) in [6.45, 7) is 0.518. The molecule has 0 bridgehead atoms. The fourth-order valence-corrected chi connectivity index (χ4v) is 1.50. The Morgan fingerprint density at radius 3 is 2.61 bits per heavy atom. The minimum absolute atomic E-state index is 0.385. The Balaban J connectivity index is 2.00. The SMILES string of the molecule is NC(=O)c1ccc(CNc2cncc(F)c2)cc1. The molecule has 0 saturated carbocycles. The van der Waals surface area contributed by atoms with Crippen LogP contribution in [-0.2, 0) is 6.54 Å². The van der Waals surface area contributed by atoms with Gasteiger partial charge in [0.15, 0.2) is 0 Å². The van der Waals surface area contributed by atoms with Gasteiger partial charge in [0.05, 0.1) is 18.1 Å². The average Bonchev–Trinajstić information content (AvgIpc) is 2.37. The summed E-state index contributed by atoms with van der Waals surface area (Å²) in [5.74, 6) is -0.840. The van der Waals surface area contributed by atoms with E-state index < -0.39 is 5.91 Å². The van der Waals surface area contributed by atoms with Gasteiger partial charge in [-0.05, 0) is 17.7 Å². The number of benzene rings is 1. The topological polar surface area (TPSA) is 68.0 Å². The Labute approximate surface area is 104 Å². The van der Waals surface area contributed by atoms with Crippen LogP contribution in [0.5, 0.6) is 0 Å². The summed E-state index contributed by atoms with van der Waals surface area (Å²) < 4.78 is 12.9. The first-order valence-corrected chi connectivity index (χ1v) is 5.38. The van der Waals surface area contributed by atoms with E-state index in [1.807, 2.05) is 0 Å². The van der Waals surface area contributed by atoms with E-state index in [0.29, 0.717) is 17.8 Å². The average molecular weight is 245 g/mol. The van der Waals surface area contributed by atoms with Crippen LogP contribution < -0.4 is 11.1 Å². The lowest BCUT2D eigenvalue weighted by Gasteiger charge is -2.06. The van der Waals surface area contributed by atoms with Crippen LogP contribution in [0.1, 0.15) is 15.9 Å². The van der Waals surface area contributed by atoms with Crippen molar-refractivity contribution >= 4 is 11.6 Å². The number of nitrogens with zero attached hydrogens (tertiary/aromatic N) is 1. The van der Waals surface area contributed by atoms with Gasteiger partial charge in [-0.25, -0.2) is 4.39 Å². The molecule has 3 N–H and O–H groups in total. The monoisotopic (exact) mass is 245 g/mol. The molecule has 4 nitrogen and oxygen atoms in total. The number of nitrogens with one attached hydrogen (secondary N) is 1. The molecule has 0 aliphatic heterocycles. The van der Waals surface area contributed by atoms with Crippen molar-refractivity contribution in [2.24, 2.45) is 5.73 Å². The molecular formula is C13H12FN3O. The van der Waals surface area contributed by atoms with Gasteiger partial charge in [0.25, 0.3) is 0 Å². The molecule has 5 heteroatoms. The van der Waals surface area contributed by atoms with Crippen molar-refractivity contribution in [3.63, 3.8) is 0 Å². The highest BCUT2D eigenvalue weighted by atomic mass is 19.1. The number of pyridine rings is 1. The Morgan fingerprint density at radius 1 is 1.28 bits per heavy atom. The Kier molecular flexibility index (Phi) is 3.52. The first-order chi connectivity index (χ1) is 8.65. The lowest BCUT2D eigenvalue weighted by molar-refractivity contribution is 0.100. The smallest absolute Gasteiger partial charge is 0.248 e. The zero-order valence-corrected chi connectivity index (χ0v) is 9.56. The molecule has 1 amide bonds. The van der Waals surface area contributed by atoms with Crippen LogP contribution in [0.4, 0.5) is 10.1 Å². The number of aromatic nitrogens is 1. The summed E-state index contributed by atoms with van der Waals surface area (Å²) in [4.78, 5) is 14.6. The number of carbonyl (C=O) groups is 1. The van der Waals surface area contributed by atoms with E-state index >= 15 is 0 Å². The van der Waals surface area contributed by atoms with Gasteiger partial charge in [-0.1, -0.05) is 12.1 Å². The predicted molar refractivity (Wildman–Crippen MR) is 66.5 cm³/mol. The minimum Gasteiger partial charge on any atom is -0.380 e. The van der Waals surface area contributed by atoms with Crippen molar-refractivity contribution in [1.29, 1.82) is 0 Å². The number of hydrogen-bond donors (Lipinski definition) is 2. The molecule has 1 aromatic carbocycles. The number of anilines is 1. The molecule has 0 spiro atoms. The summed E-state index contributed by atoms with van der Waals surface area (Å²) in [6.07, 6.45) is 2.69. The summed E-state index contributed by atoms with van der Waals surface area (Å²) in [5.41, 5.74) is 7.17. The Bertz CT molecular complexity index is 554. The molecule has 2 rings (SSSR count). The van der Waals surface area contributed by atoms with Gasteiger partial charge >= 0.3 is 0 Å². The number of primary amides is 1.